The second-order valence-corrected chi connectivity index (χ2v) is 4.81. The largest absolute Gasteiger partial charge is 0.480 e. The summed E-state index contributed by atoms with van der Waals surface area (Å²) in [6, 6.07) is 7.52. The van der Waals surface area contributed by atoms with E-state index in [1.807, 2.05) is 17.0 Å². The summed E-state index contributed by atoms with van der Waals surface area (Å²) >= 11 is 6.01. The first-order valence-electron chi connectivity index (χ1n) is 5.99. The number of halogens is 1. The van der Waals surface area contributed by atoms with Crippen molar-refractivity contribution in [3.63, 3.8) is 0 Å². The monoisotopic (exact) mass is 279 g/mol. The molecule has 0 saturated carbocycles. The van der Waals surface area contributed by atoms with Crippen LogP contribution in [0.25, 0.3) is 0 Å². The van der Waals surface area contributed by atoms with Crippen LogP contribution in [-0.2, 0) is 4.79 Å². The van der Waals surface area contributed by atoms with E-state index in [1.54, 1.807) is 6.07 Å². The molecule has 0 aliphatic carbocycles. The first kappa shape index (κ1) is 13.7. The van der Waals surface area contributed by atoms with E-state index in [-0.39, 0.29) is 6.54 Å². The van der Waals surface area contributed by atoms with Gasteiger partial charge in [0.2, 0.25) is 0 Å². The Hall–Kier alpha value is -1.77. The van der Waals surface area contributed by atoms with E-state index >= 15 is 0 Å². The SMILES string of the molecule is N#Cc1c(Cl)cccc1N1CCN(CC(=O)O)CC1. The van der Waals surface area contributed by atoms with Crippen molar-refractivity contribution in [2.24, 2.45) is 0 Å². The molecule has 0 bridgehead atoms. The van der Waals surface area contributed by atoms with Crippen molar-refractivity contribution in [3.8, 4) is 6.07 Å². The van der Waals surface area contributed by atoms with Crippen LogP contribution in [-0.4, -0.2) is 48.7 Å². The molecule has 19 heavy (non-hydrogen) atoms. The molecular weight excluding hydrogens is 266 g/mol. The van der Waals surface area contributed by atoms with Crippen molar-refractivity contribution in [1.29, 1.82) is 5.26 Å². The quantitative estimate of drug-likeness (QED) is 0.906. The number of nitriles is 1. The van der Waals surface area contributed by atoms with Gasteiger partial charge in [0.1, 0.15) is 6.07 Å². The highest BCUT2D eigenvalue weighted by molar-refractivity contribution is 6.32. The van der Waals surface area contributed by atoms with Crippen LogP contribution in [0.3, 0.4) is 0 Å². The van der Waals surface area contributed by atoms with Crippen LogP contribution >= 0.6 is 11.6 Å². The van der Waals surface area contributed by atoms with Crippen LogP contribution in [0.5, 0.6) is 0 Å². The average Bonchev–Trinajstić information content (AvgIpc) is 2.38. The number of aliphatic carboxylic acids is 1. The lowest BCUT2D eigenvalue weighted by molar-refractivity contribution is -0.138. The Morgan fingerprint density at radius 2 is 2.05 bits per heavy atom. The predicted octanol–water partition coefficient (Wildman–Crippen LogP) is 1.42. The number of carboxylic acid groups (broad SMARTS) is 1. The van der Waals surface area contributed by atoms with Crippen LogP contribution < -0.4 is 4.90 Å². The Kier molecular flexibility index (Phi) is 4.25. The topological polar surface area (TPSA) is 67.6 Å². The normalized spacial score (nSPS) is 16.1. The lowest BCUT2D eigenvalue weighted by atomic mass is 10.1. The van der Waals surface area contributed by atoms with Gasteiger partial charge in [-0.2, -0.15) is 5.26 Å². The van der Waals surface area contributed by atoms with E-state index in [0.717, 1.165) is 5.69 Å². The molecular formula is C13H14ClN3O2. The number of carboxylic acids is 1. The Morgan fingerprint density at radius 1 is 1.37 bits per heavy atom. The summed E-state index contributed by atoms with van der Waals surface area (Å²) in [5.74, 6) is -0.811. The van der Waals surface area contributed by atoms with Crippen molar-refractivity contribution < 1.29 is 9.90 Å². The zero-order chi connectivity index (χ0) is 13.8. The highest BCUT2D eigenvalue weighted by Crippen LogP contribution is 2.27. The number of benzene rings is 1. The summed E-state index contributed by atoms with van der Waals surface area (Å²) < 4.78 is 0. The van der Waals surface area contributed by atoms with Crippen molar-refractivity contribution in [2.75, 3.05) is 37.6 Å². The van der Waals surface area contributed by atoms with Gasteiger partial charge >= 0.3 is 5.97 Å². The molecule has 0 radical (unpaired) electrons. The maximum absolute atomic E-state index is 10.6. The minimum atomic E-state index is -0.811. The number of nitrogens with zero attached hydrogens (tertiary/aromatic N) is 3. The molecule has 0 spiro atoms. The van der Waals surface area contributed by atoms with Gasteiger partial charge in [0.25, 0.3) is 0 Å². The molecule has 1 N–H and O–H groups in total. The van der Waals surface area contributed by atoms with Crippen LogP contribution in [0.2, 0.25) is 5.02 Å². The van der Waals surface area contributed by atoms with E-state index < -0.39 is 5.97 Å². The van der Waals surface area contributed by atoms with Gasteiger partial charge in [0, 0.05) is 26.2 Å². The number of piperazine rings is 1. The first-order valence-corrected chi connectivity index (χ1v) is 6.37. The van der Waals surface area contributed by atoms with Crippen LogP contribution in [0.15, 0.2) is 18.2 Å². The van der Waals surface area contributed by atoms with Crippen molar-refractivity contribution >= 4 is 23.3 Å². The van der Waals surface area contributed by atoms with Gasteiger partial charge in [0.05, 0.1) is 22.8 Å². The average molecular weight is 280 g/mol. The zero-order valence-electron chi connectivity index (χ0n) is 10.3. The fraction of sp³-hybridized carbons (Fsp3) is 0.385. The highest BCUT2D eigenvalue weighted by Gasteiger charge is 2.21. The smallest absolute Gasteiger partial charge is 0.317 e. The summed E-state index contributed by atoms with van der Waals surface area (Å²) in [5, 5.41) is 18.4. The molecule has 1 aromatic carbocycles. The lowest BCUT2D eigenvalue weighted by Gasteiger charge is -2.35. The number of rotatable bonds is 3. The van der Waals surface area contributed by atoms with Gasteiger partial charge in [-0.15, -0.1) is 0 Å². The molecule has 0 unspecified atom stereocenters. The van der Waals surface area contributed by atoms with Crippen LogP contribution in [0, 0.1) is 11.3 Å². The highest BCUT2D eigenvalue weighted by atomic mass is 35.5. The second kappa shape index (κ2) is 5.91. The fourth-order valence-electron chi connectivity index (χ4n) is 2.23. The van der Waals surface area contributed by atoms with E-state index in [4.69, 9.17) is 22.0 Å². The van der Waals surface area contributed by atoms with Crippen molar-refractivity contribution in [1.82, 2.24) is 4.90 Å². The van der Waals surface area contributed by atoms with Gasteiger partial charge in [-0.1, -0.05) is 17.7 Å². The third kappa shape index (κ3) is 3.16. The third-order valence-electron chi connectivity index (χ3n) is 3.18. The Labute approximate surface area is 116 Å². The number of hydrogen-bond acceptors (Lipinski definition) is 4. The molecule has 100 valence electrons. The van der Waals surface area contributed by atoms with Crippen molar-refractivity contribution in [2.45, 2.75) is 0 Å². The van der Waals surface area contributed by atoms with Gasteiger partial charge in [0.15, 0.2) is 0 Å². The molecule has 1 aliphatic heterocycles. The van der Waals surface area contributed by atoms with Gasteiger partial charge < -0.3 is 10.0 Å². The van der Waals surface area contributed by atoms with Crippen molar-refractivity contribution in [3.05, 3.63) is 28.8 Å². The maximum Gasteiger partial charge on any atom is 0.317 e. The predicted molar refractivity (Wildman–Crippen MR) is 72.5 cm³/mol. The molecule has 5 nitrogen and oxygen atoms in total. The van der Waals surface area contributed by atoms with Crippen LogP contribution in [0.1, 0.15) is 5.56 Å². The standard InChI is InChI=1S/C13H14ClN3O2/c14-11-2-1-3-12(10(11)8-15)17-6-4-16(5-7-17)9-13(18)19/h1-3H,4-7,9H2,(H,18,19). The van der Waals surface area contributed by atoms with E-state index in [1.165, 1.54) is 0 Å². The minimum absolute atomic E-state index is 0.0640. The summed E-state index contributed by atoms with van der Waals surface area (Å²) in [6.45, 7) is 2.80. The van der Waals surface area contributed by atoms with E-state index in [9.17, 15) is 4.79 Å². The second-order valence-electron chi connectivity index (χ2n) is 4.40. The molecule has 0 aromatic heterocycles. The Morgan fingerprint density at radius 3 is 2.63 bits per heavy atom. The van der Waals surface area contributed by atoms with Crippen LogP contribution in [0.4, 0.5) is 5.69 Å². The molecule has 1 aliphatic rings. The minimum Gasteiger partial charge on any atom is -0.480 e. The number of carbonyl (C=O) groups is 1. The molecule has 0 amide bonds. The molecule has 1 heterocycles. The molecule has 1 saturated heterocycles. The van der Waals surface area contributed by atoms with Gasteiger partial charge in [-0.05, 0) is 12.1 Å². The van der Waals surface area contributed by atoms with E-state index in [0.29, 0.717) is 36.8 Å². The van der Waals surface area contributed by atoms with E-state index in [2.05, 4.69) is 11.0 Å². The first-order chi connectivity index (χ1) is 9.11. The molecule has 0 atom stereocenters. The fourth-order valence-corrected chi connectivity index (χ4v) is 2.44. The Balaban J connectivity index is 2.08. The summed E-state index contributed by atoms with van der Waals surface area (Å²) in [5.41, 5.74) is 1.31. The molecule has 6 heteroatoms. The lowest BCUT2D eigenvalue weighted by Crippen LogP contribution is -2.48. The Bertz CT molecular complexity index is 519. The summed E-state index contributed by atoms with van der Waals surface area (Å²) in [6.07, 6.45) is 0. The number of anilines is 1. The van der Waals surface area contributed by atoms with Gasteiger partial charge in [-0.25, -0.2) is 0 Å². The zero-order valence-corrected chi connectivity index (χ0v) is 11.1. The molecule has 1 fully saturated rings. The number of hydrogen-bond donors (Lipinski definition) is 1. The third-order valence-corrected chi connectivity index (χ3v) is 3.49. The molecule has 2 rings (SSSR count). The maximum atomic E-state index is 10.6. The van der Waals surface area contributed by atoms with Gasteiger partial charge in [-0.3, -0.25) is 9.69 Å². The summed E-state index contributed by atoms with van der Waals surface area (Å²) in [4.78, 5) is 14.6. The molecule has 1 aromatic rings. The summed E-state index contributed by atoms with van der Waals surface area (Å²) in [7, 11) is 0.